The lowest BCUT2D eigenvalue weighted by Crippen LogP contribution is -2.36. The highest BCUT2D eigenvalue weighted by molar-refractivity contribution is 6.28. The van der Waals surface area contributed by atoms with Crippen molar-refractivity contribution in [1.82, 2.24) is 19.5 Å². The van der Waals surface area contributed by atoms with Gasteiger partial charge in [0.2, 0.25) is 5.28 Å². The number of nitrogens with two attached hydrogens (primary N) is 1. The van der Waals surface area contributed by atoms with Gasteiger partial charge in [-0.15, -0.1) is 0 Å². The fourth-order valence-electron chi connectivity index (χ4n) is 2.92. The molecule has 1 fully saturated rings. The molecule has 8 nitrogen and oxygen atoms in total. The number of nitrogens with zero attached hydrogens (tertiary/aromatic N) is 4. The molecule has 3 rings (SSSR count). The third-order valence-electron chi connectivity index (χ3n) is 4.25. The van der Waals surface area contributed by atoms with Crippen molar-refractivity contribution in [1.29, 1.82) is 0 Å². The van der Waals surface area contributed by atoms with Crippen molar-refractivity contribution in [3.05, 3.63) is 11.6 Å². The standard InChI is InChI=1S/C12H16ClN5O3/c1-12(3-19)2-5(7(20)8(12)21)18-4-15-6-9(14)16-11(13)17-10(6)18/h4-5,7-8,19-21H,2-3H2,1H3,(H2,14,16,17)/t5-,7+,8+,12-/m1/s1. The van der Waals surface area contributed by atoms with E-state index < -0.39 is 23.7 Å². The molecule has 1 aliphatic carbocycles. The van der Waals surface area contributed by atoms with Crippen LogP contribution in [-0.2, 0) is 0 Å². The van der Waals surface area contributed by atoms with Crippen LogP contribution in [0.3, 0.4) is 0 Å². The molecule has 0 radical (unpaired) electrons. The summed E-state index contributed by atoms with van der Waals surface area (Å²) in [7, 11) is 0. The summed E-state index contributed by atoms with van der Waals surface area (Å²) >= 11 is 5.81. The van der Waals surface area contributed by atoms with Crippen LogP contribution in [0.5, 0.6) is 0 Å². The summed E-state index contributed by atoms with van der Waals surface area (Å²) in [5, 5.41) is 29.9. The Balaban J connectivity index is 2.10. The fraction of sp³-hybridized carbons (Fsp3) is 0.583. The van der Waals surface area contributed by atoms with Gasteiger partial charge in [-0.1, -0.05) is 6.92 Å². The number of imidazole rings is 1. The van der Waals surface area contributed by atoms with Crippen molar-refractivity contribution in [3.8, 4) is 0 Å². The summed E-state index contributed by atoms with van der Waals surface area (Å²) in [6.45, 7) is 1.49. The van der Waals surface area contributed by atoms with Crippen LogP contribution in [0.1, 0.15) is 19.4 Å². The number of hydrogen-bond acceptors (Lipinski definition) is 7. The molecule has 21 heavy (non-hydrogen) atoms. The van der Waals surface area contributed by atoms with E-state index in [1.165, 1.54) is 6.33 Å². The van der Waals surface area contributed by atoms with Gasteiger partial charge in [0.1, 0.15) is 11.6 Å². The number of aliphatic hydroxyl groups is 3. The Hall–Kier alpha value is -1.48. The van der Waals surface area contributed by atoms with Crippen molar-refractivity contribution in [2.24, 2.45) is 5.41 Å². The van der Waals surface area contributed by atoms with Gasteiger partial charge in [0.25, 0.3) is 0 Å². The highest BCUT2D eigenvalue weighted by atomic mass is 35.5. The molecule has 0 spiro atoms. The summed E-state index contributed by atoms with van der Waals surface area (Å²) < 4.78 is 1.62. The lowest BCUT2D eigenvalue weighted by molar-refractivity contribution is -0.0403. The van der Waals surface area contributed by atoms with Gasteiger partial charge in [0.05, 0.1) is 25.1 Å². The Morgan fingerprint density at radius 2 is 2.19 bits per heavy atom. The number of aliphatic hydroxyl groups excluding tert-OH is 3. The summed E-state index contributed by atoms with van der Waals surface area (Å²) in [5.41, 5.74) is 5.74. The van der Waals surface area contributed by atoms with E-state index in [0.29, 0.717) is 17.6 Å². The maximum absolute atomic E-state index is 10.3. The Kier molecular flexibility index (Phi) is 3.28. The van der Waals surface area contributed by atoms with Crippen molar-refractivity contribution >= 4 is 28.6 Å². The Morgan fingerprint density at radius 1 is 1.48 bits per heavy atom. The number of aromatic nitrogens is 4. The number of fused-ring (bicyclic) bond motifs is 1. The first-order valence-electron chi connectivity index (χ1n) is 6.50. The molecule has 0 amide bonds. The highest BCUT2D eigenvalue weighted by Gasteiger charge is 2.50. The molecule has 0 unspecified atom stereocenters. The first-order valence-corrected chi connectivity index (χ1v) is 6.88. The zero-order valence-electron chi connectivity index (χ0n) is 11.3. The number of halogens is 1. The number of hydrogen-bond donors (Lipinski definition) is 4. The molecule has 0 aromatic carbocycles. The van der Waals surface area contributed by atoms with Gasteiger partial charge in [-0.2, -0.15) is 9.97 Å². The molecule has 1 saturated carbocycles. The Morgan fingerprint density at radius 3 is 2.81 bits per heavy atom. The van der Waals surface area contributed by atoms with E-state index in [0.717, 1.165) is 0 Å². The summed E-state index contributed by atoms with van der Waals surface area (Å²) in [6, 6.07) is -0.479. The van der Waals surface area contributed by atoms with Gasteiger partial charge in [-0.25, -0.2) is 4.98 Å². The van der Waals surface area contributed by atoms with Crippen LogP contribution in [0.25, 0.3) is 11.2 Å². The van der Waals surface area contributed by atoms with Gasteiger partial charge in [0, 0.05) is 5.41 Å². The van der Waals surface area contributed by atoms with Gasteiger partial charge >= 0.3 is 0 Å². The van der Waals surface area contributed by atoms with Crippen LogP contribution < -0.4 is 5.73 Å². The monoisotopic (exact) mass is 313 g/mol. The maximum Gasteiger partial charge on any atom is 0.226 e. The van der Waals surface area contributed by atoms with Gasteiger partial charge in [-0.05, 0) is 18.0 Å². The van der Waals surface area contributed by atoms with E-state index in [1.54, 1.807) is 11.5 Å². The fourth-order valence-corrected chi connectivity index (χ4v) is 3.09. The molecule has 2 aromatic rings. The predicted octanol–water partition coefficient (Wildman–Crippen LogP) is -0.273. The zero-order chi connectivity index (χ0) is 15.4. The van der Waals surface area contributed by atoms with Crippen LogP contribution in [0, 0.1) is 5.41 Å². The zero-order valence-corrected chi connectivity index (χ0v) is 12.1. The topological polar surface area (TPSA) is 130 Å². The SMILES string of the molecule is C[C@]1(CO)C[C@@H](n2cnc3c(N)nc(Cl)nc32)[C@H](O)[C@@H]1O. The second-order valence-corrected chi connectivity index (χ2v) is 6.06. The Labute approximate surface area is 125 Å². The number of anilines is 1. The third kappa shape index (κ3) is 2.06. The van der Waals surface area contributed by atoms with Crippen LogP contribution in [0.2, 0.25) is 5.28 Å². The van der Waals surface area contributed by atoms with E-state index in [1.807, 2.05) is 0 Å². The minimum atomic E-state index is -1.05. The highest BCUT2D eigenvalue weighted by Crippen LogP contribution is 2.44. The average molecular weight is 314 g/mol. The largest absolute Gasteiger partial charge is 0.396 e. The molecular formula is C12H16ClN5O3. The van der Waals surface area contributed by atoms with Gasteiger partial charge < -0.3 is 25.6 Å². The van der Waals surface area contributed by atoms with E-state index in [2.05, 4.69) is 15.0 Å². The van der Waals surface area contributed by atoms with E-state index in [-0.39, 0.29) is 17.7 Å². The average Bonchev–Trinajstić information content (AvgIpc) is 2.95. The molecule has 0 aliphatic heterocycles. The van der Waals surface area contributed by atoms with E-state index in [4.69, 9.17) is 17.3 Å². The van der Waals surface area contributed by atoms with Crippen molar-refractivity contribution in [2.45, 2.75) is 31.6 Å². The van der Waals surface area contributed by atoms with Crippen molar-refractivity contribution in [3.63, 3.8) is 0 Å². The molecule has 0 saturated heterocycles. The minimum Gasteiger partial charge on any atom is -0.396 e. The number of nitrogen functional groups attached to an aromatic ring is 1. The molecular weight excluding hydrogens is 298 g/mol. The molecule has 2 heterocycles. The van der Waals surface area contributed by atoms with Crippen molar-refractivity contribution < 1.29 is 15.3 Å². The first-order chi connectivity index (χ1) is 9.87. The van der Waals surface area contributed by atoms with Crippen LogP contribution in [-0.4, -0.2) is 53.7 Å². The van der Waals surface area contributed by atoms with Gasteiger partial charge in [0.15, 0.2) is 11.5 Å². The van der Waals surface area contributed by atoms with E-state index in [9.17, 15) is 15.3 Å². The second kappa shape index (κ2) is 4.77. The quantitative estimate of drug-likeness (QED) is 0.561. The minimum absolute atomic E-state index is 0.0142. The number of rotatable bonds is 2. The van der Waals surface area contributed by atoms with Crippen LogP contribution >= 0.6 is 11.6 Å². The third-order valence-corrected chi connectivity index (χ3v) is 4.42. The first kappa shape index (κ1) is 14.5. The molecule has 1 aliphatic rings. The Bertz CT molecular complexity index is 693. The van der Waals surface area contributed by atoms with E-state index >= 15 is 0 Å². The molecule has 9 heteroatoms. The molecule has 4 atom stereocenters. The molecule has 114 valence electrons. The molecule has 2 aromatic heterocycles. The summed E-state index contributed by atoms with van der Waals surface area (Å²) in [4.78, 5) is 12.1. The molecule has 0 bridgehead atoms. The molecule has 5 N–H and O–H groups in total. The predicted molar refractivity (Wildman–Crippen MR) is 75.6 cm³/mol. The summed E-state index contributed by atoms with van der Waals surface area (Å²) in [6.07, 6.45) is -0.233. The normalized spacial score (nSPS) is 32.9. The smallest absolute Gasteiger partial charge is 0.226 e. The maximum atomic E-state index is 10.3. The van der Waals surface area contributed by atoms with Crippen molar-refractivity contribution in [2.75, 3.05) is 12.3 Å². The second-order valence-electron chi connectivity index (χ2n) is 5.72. The van der Waals surface area contributed by atoms with Crippen LogP contribution in [0.15, 0.2) is 6.33 Å². The lowest BCUT2D eigenvalue weighted by Gasteiger charge is -2.25. The lowest BCUT2D eigenvalue weighted by atomic mass is 9.87. The van der Waals surface area contributed by atoms with Crippen LogP contribution in [0.4, 0.5) is 5.82 Å². The van der Waals surface area contributed by atoms with Gasteiger partial charge in [-0.3, -0.25) is 0 Å². The summed E-state index contributed by atoms with van der Waals surface area (Å²) in [5.74, 6) is 0.154.